The molecule has 4 aliphatic rings. The zero-order chi connectivity index (χ0) is 24.1. The number of hydrogen-bond donors (Lipinski definition) is 0. The van der Waals surface area contributed by atoms with Crippen LogP contribution in [0.4, 0.5) is 0 Å². The average Bonchev–Trinajstić information content (AvgIpc) is 3.03. The fourth-order valence-electron chi connectivity index (χ4n) is 8.50. The van der Waals surface area contributed by atoms with Crippen molar-refractivity contribution in [3.63, 3.8) is 0 Å². The van der Waals surface area contributed by atoms with Crippen LogP contribution in [0.1, 0.15) is 86.0 Å². The van der Waals surface area contributed by atoms with Crippen LogP contribution in [0.5, 0.6) is 0 Å². The molecule has 0 heterocycles. The molecule has 4 rings (SSSR count). The summed E-state index contributed by atoms with van der Waals surface area (Å²) in [5, 5.41) is 0. The van der Waals surface area contributed by atoms with E-state index in [1.807, 2.05) is 6.08 Å². The van der Waals surface area contributed by atoms with Gasteiger partial charge in [0.05, 0.1) is 7.11 Å². The standard InChI is InChI=1S/C28H42O5/c1-16-9-11-27(4)19(13-16)14-23(33-18(3)29)25-20(27)10-12-28(5)21(15-22(30)26(25)28)17(2)7-8-24(31)32-6/h15-17,19-20,23,25-26H,7-14H2,1-6H3/t16-,17-,19+,20?,23-,25?,26+,27+,28-/m1/s1. The maximum absolute atomic E-state index is 13.6. The maximum Gasteiger partial charge on any atom is 0.305 e. The van der Waals surface area contributed by atoms with Gasteiger partial charge in [-0.2, -0.15) is 0 Å². The van der Waals surface area contributed by atoms with Crippen LogP contribution >= 0.6 is 0 Å². The van der Waals surface area contributed by atoms with E-state index in [0.717, 1.165) is 19.3 Å². The van der Waals surface area contributed by atoms with Gasteiger partial charge in [0.2, 0.25) is 0 Å². The van der Waals surface area contributed by atoms with Crippen molar-refractivity contribution in [2.24, 2.45) is 46.3 Å². The van der Waals surface area contributed by atoms with Gasteiger partial charge in [-0.15, -0.1) is 0 Å². The van der Waals surface area contributed by atoms with Crippen molar-refractivity contribution in [3.8, 4) is 0 Å². The highest BCUT2D eigenvalue weighted by Crippen LogP contribution is 2.67. The van der Waals surface area contributed by atoms with Gasteiger partial charge < -0.3 is 9.47 Å². The van der Waals surface area contributed by atoms with Crippen LogP contribution in [0.3, 0.4) is 0 Å². The number of hydrogen-bond acceptors (Lipinski definition) is 5. The molecule has 0 spiro atoms. The molecule has 0 aliphatic heterocycles. The minimum atomic E-state index is -0.233. The highest BCUT2D eigenvalue weighted by molar-refractivity contribution is 5.97. The van der Waals surface area contributed by atoms with E-state index in [-0.39, 0.29) is 52.4 Å². The normalized spacial score (nSPS) is 43.0. The van der Waals surface area contributed by atoms with Crippen LogP contribution in [0.15, 0.2) is 11.6 Å². The Hall–Kier alpha value is -1.65. The predicted octanol–water partition coefficient (Wildman–Crippen LogP) is 5.51. The molecule has 9 atom stereocenters. The van der Waals surface area contributed by atoms with Crippen LogP contribution in [0.25, 0.3) is 0 Å². The Bertz CT molecular complexity index is 845. The molecular weight excluding hydrogens is 416 g/mol. The number of carbonyl (C=O) groups excluding carboxylic acids is 3. The zero-order valence-electron chi connectivity index (χ0n) is 21.3. The van der Waals surface area contributed by atoms with Gasteiger partial charge >= 0.3 is 11.9 Å². The smallest absolute Gasteiger partial charge is 0.305 e. The molecule has 2 unspecified atom stereocenters. The summed E-state index contributed by atoms with van der Waals surface area (Å²) in [7, 11) is 1.42. The third-order valence-electron chi connectivity index (χ3n) is 10.2. The molecule has 0 radical (unpaired) electrons. The molecule has 184 valence electrons. The van der Waals surface area contributed by atoms with Crippen LogP contribution in [0, 0.1) is 46.3 Å². The summed E-state index contributed by atoms with van der Waals surface area (Å²) in [6, 6.07) is 0. The number of ketones is 1. The van der Waals surface area contributed by atoms with Crippen molar-refractivity contribution in [2.45, 2.75) is 92.1 Å². The highest BCUT2D eigenvalue weighted by Gasteiger charge is 2.64. The summed E-state index contributed by atoms with van der Waals surface area (Å²) in [5.41, 5.74) is 1.18. The Balaban J connectivity index is 1.65. The first-order valence-electron chi connectivity index (χ1n) is 13.0. The molecule has 0 N–H and O–H groups in total. The van der Waals surface area contributed by atoms with Gasteiger partial charge in [-0.05, 0) is 79.1 Å². The number of carbonyl (C=O) groups is 3. The van der Waals surface area contributed by atoms with Gasteiger partial charge in [-0.25, -0.2) is 0 Å². The van der Waals surface area contributed by atoms with Crippen molar-refractivity contribution in [3.05, 3.63) is 11.6 Å². The Morgan fingerprint density at radius 3 is 2.58 bits per heavy atom. The van der Waals surface area contributed by atoms with Crippen molar-refractivity contribution < 1.29 is 23.9 Å². The van der Waals surface area contributed by atoms with Crippen LogP contribution in [-0.2, 0) is 23.9 Å². The molecule has 0 amide bonds. The first-order chi connectivity index (χ1) is 15.5. The van der Waals surface area contributed by atoms with Crippen LogP contribution in [0.2, 0.25) is 0 Å². The van der Waals surface area contributed by atoms with E-state index in [0.29, 0.717) is 30.6 Å². The molecule has 0 aromatic carbocycles. The Morgan fingerprint density at radius 1 is 1.18 bits per heavy atom. The number of fused-ring (bicyclic) bond motifs is 5. The van der Waals surface area contributed by atoms with E-state index >= 15 is 0 Å². The number of esters is 2. The number of ether oxygens (including phenoxy) is 2. The van der Waals surface area contributed by atoms with Crippen molar-refractivity contribution in [2.75, 3.05) is 7.11 Å². The molecule has 0 aromatic heterocycles. The van der Waals surface area contributed by atoms with Crippen LogP contribution < -0.4 is 0 Å². The monoisotopic (exact) mass is 458 g/mol. The molecule has 0 aromatic rings. The van der Waals surface area contributed by atoms with Gasteiger partial charge in [-0.1, -0.05) is 39.7 Å². The molecule has 0 bridgehead atoms. The summed E-state index contributed by atoms with van der Waals surface area (Å²) in [6.45, 7) is 10.7. The van der Waals surface area contributed by atoms with E-state index < -0.39 is 0 Å². The molecule has 33 heavy (non-hydrogen) atoms. The molecule has 4 aliphatic carbocycles. The van der Waals surface area contributed by atoms with E-state index in [2.05, 4.69) is 27.7 Å². The predicted molar refractivity (Wildman–Crippen MR) is 126 cm³/mol. The fourth-order valence-corrected chi connectivity index (χ4v) is 8.50. The van der Waals surface area contributed by atoms with Gasteiger partial charge in [0.15, 0.2) is 5.78 Å². The topological polar surface area (TPSA) is 69.7 Å². The lowest BCUT2D eigenvalue weighted by molar-refractivity contribution is -0.188. The Morgan fingerprint density at radius 2 is 1.91 bits per heavy atom. The highest BCUT2D eigenvalue weighted by atomic mass is 16.5. The van der Waals surface area contributed by atoms with E-state index in [1.165, 1.54) is 38.9 Å². The Labute approximate surface area is 199 Å². The summed E-state index contributed by atoms with van der Waals surface area (Å²) in [4.78, 5) is 37.5. The van der Waals surface area contributed by atoms with Gasteiger partial charge in [0.1, 0.15) is 6.10 Å². The molecule has 5 heteroatoms. The van der Waals surface area contributed by atoms with Gasteiger partial charge in [0.25, 0.3) is 0 Å². The average molecular weight is 459 g/mol. The van der Waals surface area contributed by atoms with E-state index in [4.69, 9.17) is 9.47 Å². The van der Waals surface area contributed by atoms with Gasteiger partial charge in [-0.3, -0.25) is 14.4 Å². The summed E-state index contributed by atoms with van der Waals surface area (Å²) in [6.07, 6.45) is 9.36. The number of methoxy groups -OCH3 is 1. The van der Waals surface area contributed by atoms with Gasteiger partial charge in [0, 0.05) is 25.2 Å². The molecule has 3 fully saturated rings. The summed E-state index contributed by atoms with van der Waals surface area (Å²) < 4.78 is 10.8. The second kappa shape index (κ2) is 8.85. The third kappa shape index (κ3) is 4.08. The molecular formula is C28H42O5. The largest absolute Gasteiger partial charge is 0.469 e. The number of allylic oxidation sites excluding steroid dienone is 2. The van der Waals surface area contributed by atoms with Crippen LogP contribution in [-0.4, -0.2) is 30.9 Å². The lowest BCUT2D eigenvalue weighted by Crippen LogP contribution is -2.59. The lowest BCUT2D eigenvalue weighted by Gasteiger charge is -2.62. The maximum atomic E-state index is 13.6. The summed E-state index contributed by atoms with van der Waals surface area (Å²) in [5.74, 6) is 1.54. The third-order valence-corrected chi connectivity index (χ3v) is 10.2. The van der Waals surface area contributed by atoms with Crippen molar-refractivity contribution in [1.29, 1.82) is 0 Å². The van der Waals surface area contributed by atoms with Crippen molar-refractivity contribution >= 4 is 17.7 Å². The molecule has 5 nitrogen and oxygen atoms in total. The minimum Gasteiger partial charge on any atom is -0.469 e. The van der Waals surface area contributed by atoms with Crippen molar-refractivity contribution in [1.82, 2.24) is 0 Å². The first kappa shape index (κ1) is 24.5. The molecule has 0 saturated heterocycles. The Kier molecular flexibility index (Phi) is 6.56. The second-order valence-corrected chi connectivity index (χ2v) is 12.1. The van der Waals surface area contributed by atoms with E-state index in [9.17, 15) is 14.4 Å². The quantitative estimate of drug-likeness (QED) is 0.508. The first-order valence-corrected chi connectivity index (χ1v) is 13.0. The molecule has 3 saturated carbocycles. The SMILES string of the molecule is COC(=O)CC[C@@H](C)C1=CC(=O)[C@H]2C3C(CC[C@]12C)[C@@]1(C)CC[C@@H](C)C[C@H]1C[C@H]3OC(C)=O. The number of rotatable bonds is 5. The zero-order valence-corrected chi connectivity index (χ0v) is 21.3. The summed E-state index contributed by atoms with van der Waals surface area (Å²) >= 11 is 0. The fraction of sp³-hybridized carbons (Fsp3) is 0.821. The second-order valence-electron chi connectivity index (χ2n) is 12.1. The minimum absolute atomic E-state index is 0.0800. The van der Waals surface area contributed by atoms with E-state index in [1.54, 1.807) is 0 Å². The lowest BCUT2D eigenvalue weighted by atomic mass is 9.43.